The number of carbonyl (C=O) groups excluding carboxylic acids is 1. The van der Waals surface area contributed by atoms with Crippen molar-refractivity contribution in [1.29, 1.82) is 0 Å². The minimum Gasteiger partial charge on any atom is -0.467 e. The van der Waals surface area contributed by atoms with Crippen LogP contribution in [0.25, 0.3) is 0 Å². The van der Waals surface area contributed by atoms with Crippen LogP contribution in [0.4, 0.5) is 5.82 Å². The second-order valence-electron chi connectivity index (χ2n) is 5.39. The molecule has 7 heteroatoms. The molecule has 1 aliphatic rings. The number of pyridine rings is 1. The first-order valence-corrected chi connectivity index (χ1v) is 7.57. The van der Waals surface area contributed by atoms with Crippen LogP contribution in [0, 0.1) is 0 Å². The highest BCUT2D eigenvalue weighted by atomic mass is 35.5. The van der Waals surface area contributed by atoms with Gasteiger partial charge in [0.1, 0.15) is 18.1 Å². The number of rotatable bonds is 3. The van der Waals surface area contributed by atoms with Gasteiger partial charge >= 0.3 is 0 Å². The molecular formula is C16H13ClN4O2. The Kier molecular flexibility index (Phi) is 3.38. The molecule has 3 aromatic heterocycles. The van der Waals surface area contributed by atoms with Gasteiger partial charge in [-0.3, -0.25) is 9.78 Å². The highest BCUT2D eigenvalue weighted by Crippen LogP contribution is 2.39. The number of nitrogens with one attached hydrogen (secondary N) is 1. The van der Waals surface area contributed by atoms with Gasteiger partial charge in [0.2, 0.25) is 5.91 Å². The quantitative estimate of drug-likeness (QED) is 0.802. The average Bonchev–Trinajstić information content (AvgIpc) is 3.18. The van der Waals surface area contributed by atoms with Crippen LogP contribution in [0.3, 0.4) is 0 Å². The third kappa shape index (κ3) is 2.51. The van der Waals surface area contributed by atoms with Crippen LogP contribution in [-0.4, -0.2) is 20.7 Å². The molecule has 1 atom stereocenters. The zero-order chi connectivity index (χ0) is 15.8. The molecule has 4 heterocycles. The lowest BCUT2D eigenvalue weighted by Crippen LogP contribution is -2.25. The Hall–Kier alpha value is -2.60. The van der Waals surface area contributed by atoms with Gasteiger partial charge in [-0.1, -0.05) is 11.6 Å². The highest BCUT2D eigenvalue weighted by Gasteiger charge is 2.31. The van der Waals surface area contributed by atoms with Gasteiger partial charge in [-0.05, 0) is 23.8 Å². The van der Waals surface area contributed by atoms with E-state index in [1.54, 1.807) is 29.5 Å². The summed E-state index contributed by atoms with van der Waals surface area (Å²) in [7, 11) is 0. The Morgan fingerprint density at radius 1 is 1.35 bits per heavy atom. The van der Waals surface area contributed by atoms with Gasteiger partial charge < -0.3 is 9.73 Å². The molecule has 6 nitrogen and oxygen atoms in total. The molecule has 4 rings (SSSR count). The van der Waals surface area contributed by atoms with Crippen LogP contribution in [-0.2, 0) is 11.3 Å². The summed E-state index contributed by atoms with van der Waals surface area (Å²) in [5, 5.41) is 7.85. The Bertz CT molecular complexity index is 857. The Morgan fingerprint density at radius 3 is 3.04 bits per heavy atom. The molecule has 0 saturated heterocycles. The molecule has 3 aromatic rings. The summed E-state index contributed by atoms with van der Waals surface area (Å²) in [4.78, 5) is 16.1. The third-order valence-electron chi connectivity index (χ3n) is 3.96. The zero-order valence-corrected chi connectivity index (χ0v) is 12.8. The van der Waals surface area contributed by atoms with E-state index in [-0.39, 0.29) is 11.8 Å². The number of anilines is 1. The van der Waals surface area contributed by atoms with E-state index in [4.69, 9.17) is 16.0 Å². The van der Waals surface area contributed by atoms with E-state index in [1.807, 2.05) is 18.2 Å². The number of carbonyl (C=O) groups is 1. The molecule has 0 unspecified atom stereocenters. The lowest BCUT2D eigenvalue weighted by Gasteiger charge is -2.24. The van der Waals surface area contributed by atoms with Gasteiger partial charge in [0.05, 0.1) is 17.5 Å². The number of aromatic nitrogens is 3. The van der Waals surface area contributed by atoms with E-state index in [2.05, 4.69) is 15.4 Å². The molecule has 0 radical (unpaired) electrons. The molecule has 116 valence electrons. The predicted molar refractivity (Wildman–Crippen MR) is 84.4 cm³/mol. The first-order valence-electron chi connectivity index (χ1n) is 7.19. The van der Waals surface area contributed by atoms with Crippen molar-refractivity contribution in [2.75, 3.05) is 5.32 Å². The number of nitrogens with zero attached hydrogens (tertiary/aromatic N) is 3. The Balaban J connectivity index is 1.75. The van der Waals surface area contributed by atoms with Crippen molar-refractivity contribution in [2.24, 2.45) is 0 Å². The number of halogens is 1. The summed E-state index contributed by atoms with van der Waals surface area (Å²) in [6, 6.07) is 5.54. The average molecular weight is 329 g/mol. The first kappa shape index (κ1) is 14.0. The molecule has 0 saturated carbocycles. The molecule has 1 aliphatic heterocycles. The summed E-state index contributed by atoms with van der Waals surface area (Å²) in [5.74, 6) is 1.28. The Labute approximate surface area is 137 Å². The van der Waals surface area contributed by atoms with Crippen molar-refractivity contribution in [2.45, 2.75) is 18.9 Å². The van der Waals surface area contributed by atoms with E-state index in [0.717, 1.165) is 16.9 Å². The van der Waals surface area contributed by atoms with Crippen LogP contribution in [0.5, 0.6) is 0 Å². The maximum atomic E-state index is 12.1. The van der Waals surface area contributed by atoms with E-state index in [1.165, 1.54) is 0 Å². The van der Waals surface area contributed by atoms with Gasteiger partial charge in [0.25, 0.3) is 0 Å². The van der Waals surface area contributed by atoms with Gasteiger partial charge in [-0.15, -0.1) is 0 Å². The Morgan fingerprint density at radius 2 is 2.26 bits per heavy atom. The second kappa shape index (κ2) is 5.55. The fraction of sp³-hybridized carbons (Fsp3) is 0.188. The summed E-state index contributed by atoms with van der Waals surface area (Å²) in [5.41, 5.74) is 1.83. The van der Waals surface area contributed by atoms with Crippen LogP contribution in [0.1, 0.15) is 29.2 Å². The molecule has 0 aliphatic carbocycles. The van der Waals surface area contributed by atoms with E-state index >= 15 is 0 Å². The van der Waals surface area contributed by atoms with E-state index in [9.17, 15) is 4.79 Å². The topological polar surface area (TPSA) is 73.0 Å². The van der Waals surface area contributed by atoms with Gasteiger partial charge in [0.15, 0.2) is 0 Å². The first-order chi connectivity index (χ1) is 11.2. The minimum atomic E-state index is -0.125. The summed E-state index contributed by atoms with van der Waals surface area (Å²) < 4.78 is 7.08. The minimum absolute atomic E-state index is 0.0587. The smallest absolute Gasteiger partial charge is 0.226 e. The monoisotopic (exact) mass is 328 g/mol. The predicted octanol–water partition coefficient (Wildman–Crippen LogP) is 3.05. The largest absolute Gasteiger partial charge is 0.467 e. The van der Waals surface area contributed by atoms with E-state index < -0.39 is 0 Å². The van der Waals surface area contributed by atoms with Crippen LogP contribution in [0.15, 0.2) is 47.5 Å². The maximum absolute atomic E-state index is 12.1. The lowest BCUT2D eigenvalue weighted by molar-refractivity contribution is -0.116. The maximum Gasteiger partial charge on any atom is 0.226 e. The molecule has 1 N–H and O–H groups in total. The number of hydrogen-bond donors (Lipinski definition) is 1. The SMILES string of the molecule is O=C1C[C@@H](c2ccncc2Cl)c2cnn(Cc3ccco3)c2N1. The van der Waals surface area contributed by atoms with Crippen molar-refractivity contribution in [3.8, 4) is 0 Å². The number of hydrogen-bond acceptors (Lipinski definition) is 4. The summed E-state index contributed by atoms with van der Waals surface area (Å²) in [6.45, 7) is 0.458. The molecule has 0 aromatic carbocycles. The molecule has 23 heavy (non-hydrogen) atoms. The molecular weight excluding hydrogens is 316 g/mol. The molecule has 1 amide bonds. The van der Waals surface area contributed by atoms with Crippen molar-refractivity contribution in [1.82, 2.24) is 14.8 Å². The van der Waals surface area contributed by atoms with Crippen LogP contribution in [0.2, 0.25) is 5.02 Å². The normalized spacial score (nSPS) is 16.9. The third-order valence-corrected chi connectivity index (χ3v) is 4.27. The highest BCUT2D eigenvalue weighted by molar-refractivity contribution is 6.31. The van der Waals surface area contributed by atoms with Crippen LogP contribution < -0.4 is 5.32 Å². The fourth-order valence-electron chi connectivity index (χ4n) is 2.89. The summed E-state index contributed by atoms with van der Waals surface area (Å²) >= 11 is 6.26. The fourth-order valence-corrected chi connectivity index (χ4v) is 3.14. The number of fused-ring (bicyclic) bond motifs is 1. The van der Waals surface area contributed by atoms with Crippen molar-refractivity contribution in [3.05, 3.63) is 65.0 Å². The second-order valence-corrected chi connectivity index (χ2v) is 5.79. The van der Waals surface area contributed by atoms with Gasteiger partial charge in [0, 0.05) is 30.3 Å². The summed E-state index contributed by atoms with van der Waals surface area (Å²) in [6.07, 6.45) is 7.00. The molecule has 0 spiro atoms. The molecule has 0 bridgehead atoms. The van der Waals surface area contributed by atoms with Crippen molar-refractivity contribution >= 4 is 23.3 Å². The molecule has 0 fully saturated rings. The standard InChI is InChI=1S/C16H13ClN4O2/c17-14-8-18-4-3-11(14)12-6-15(22)20-16-13(12)7-19-21(16)9-10-2-1-5-23-10/h1-5,7-8,12H,6,9H2,(H,20,22)/t12-/m0/s1. The van der Waals surface area contributed by atoms with Gasteiger partial charge in [-0.2, -0.15) is 5.10 Å². The van der Waals surface area contributed by atoms with E-state index in [0.29, 0.717) is 23.8 Å². The van der Waals surface area contributed by atoms with Crippen LogP contribution >= 0.6 is 11.6 Å². The lowest BCUT2D eigenvalue weighted by atomic mass is 9.88. The van der Waals surface area contributed by atoms with Crippen molar-refractivity contribution in [3.63, 3.8) is 0 Å². The van der Waals surface area contributed by atoms with Gasteiger partial charge in [-0.25, -0.2) is 4.68 Å². The van der Waals surface area contributed by atoms with Crippen molar-refractivity contribution < 1.29 is 9.21 Å². The number of furan rings is 1. The zero-order valence-electron chi connectivity index (χ0n) is 12.1. The number of amides is 1.